The second kappa shape index (κ2) is 11.5. The maximum absolute atomic E-state index is 11.5. The molecule has 5 rings (SSSR count). The zero-order valence-corrected chi connectivity index (χ0v) is 19.1. The average Bonchev–Trinajstić information content (AvgIpc) is 2.84. The molecule has 2 saturated heterocycles. The summed E-state index contributed by atoms with van der Waals surface area (Å²) in [4.78, 5) is 19.6. The summed E-state index contributed by atoms with van der Waals surface area (Å²) in [7, 11) is -0.737. The van der Waals surface area contributed by atoms with Gasteiger partial charge in [-0.15, -0.1) is 0 Å². The lowest BCUT2D eigenvalue weighted by Crippen LogP contribution is -2.38. The van der Waals surface area contributed by atoms with Crippen molar-refractivity contribution in [3.8, 4) is 0 Å². The minimum atomic E-state index is -0.737. The van der Waals surface area contributed by atoms with Gasteiger partial charge in [-0.3, -0.25) is 4.21 Å². The molecule has 0 unspecified atom stereocenters. The molecule has 0 aliphatic carbocycles. The van der Waals surface area contributed by atoms with Crippen LogP contribution in [-0.2, 0) is 26.8 Å². The van der Waals surface area contributed by atoms with Crippen molar-refractivity contribution in [2.75, 3.05) is 61.2 Å². The fourth-order valence-electron chi connectivity index (χ4n) is 3.24. The van der Waals surface area contributed by atoms with Crippen molar-refractivity contribution >= 4 is 45.2 Å². The molecule has 9 nitrogen and oxygen atoms in total. The summed E-state index contributed by atoms with van der Waals surface area (Å²) in [6.07, 6.45) is 1.71. The molecule has 4 heterocycles. The monoisotopic (exact) mass is 476 g/mol. The number of nitrogens with zero attached hydrogens (tertiary/aromatic N) is 5. The molecule has 11 heteroatoms. The number of nitrogens with one attached hydrogen (secondary N) is 1. The van der Waals surface area contributed by atoms with E-state index in [0.717, 1.165) is 37.8 Å². The number of benzene rings is 1. The second-order valence-corrected chi connectivity index (χ2v) is 9.17. The molecule has 0 saturated carbocycles. The van der Waals surface area contributed by atoms with Gasteiger partial charge >= 0.3 is 0 Å². The van der Waals surface area contributed by atoms with Crippen LogP contribution in [0.2, 0.25) is 5.28 Å². The summed E-state index contributed by atoms with van der Waals surface area (Å²) in [6, 6.07) is 10.0. The molecule has 2 aliphatic rings. The third kappa shape index (κ3) is 6.32. The molecule has 2 fully saturated rings. The fraction of sp³-hybridized carbons (Fsp3) is 0.429. The second-order valence-electron chi connectivity index (χ2n) is 7.14. The lowest BCUT2D eigenvalue weighted by molar-refractivity contribution is -0.0334. The molecule has 1 N–H and O–H groups in total. The van der Waals surface area contributed by atoms with Gasteiger partial charge in [0.2, 0.25) is 5.28 Å². The van der Waals surface area contributed by atoms with E-state index >= 15 is 0 Å². The predicted octanol–water partition coefficient (Wildman–Crippen LogP) is 2.29. The Balaban J connectivity index is 0.000000354. The van der Waals surface area contributed by atoms with Crippen LogP contribution in [0.4, 0.5) is 11.6 Å². The molecule has 0 spiro atoms. The molecule has 2 aliphatic heterocycles. The van der Waals surface area contributed by atoms with Gasteiger partial charge in [0, 0.05) is 41.9 Å². The van der Waals surface area contributed by atoms with Crippen LogP contribution in [0.5, 0.6) is 0 Å². The van der Waals surface area contributed by atoms with Gasteiger partial charge in [-0.2, -0.15) is 9.97 Å². The van der Waals surface area contributed by atoms with E-state index in [1.807, 2.05) is 30.3 Å². The van der Waals surface area contributed by atoms with Gasteiger partial charge in [-0.05, 0) is 17.2 Å². The summed E-state index contributed by atoms with van der Waals surface area (Å²) < 4.78 is 21.4. The lowest BCUT2D eigenvalue weighted by Gasteiger charge is -2.27. The Labute approximate surface area is 194 Å². The van der Waals surface area contributed by atoms with Crippen LogP contribution in [0.3, 0.4) is 0 Å². The van der Waals surface area contributed by atoms with Gasteiger partial charge < -0.3 is 19.7 Å². The predicted molar refractivity (Wildman–Crippen MR) is 126 cm³/mol. The van der Waals surface area contributed by atoms with Crippen LogP contribution in [0.25, 0.3) is 11.2 Å². The Hall–Kier alpha value is -2.40. The quantitative estimate of drug-likeness (QED) is 0.568. The van der Waals surface area contributed by atoms with E-state index in [1.165, 1.54) is 0 Å². The molecule has 0 radical (unpaired) electrons. The number of hydrogen-bond donors (Lipinski definition) is 1. The Morgan fingerprint density at radius 1 is 1.00 bits per heavy atom. The minimum Gasteiger partial charge on any atom is -0.377 e. The van der Waals surface area contributed by atoms with E-state index < -0.39 is 10.8 Å². The Kier molecular flexibility index (Phi) is 8.16. The molecule has 2 aromatic heterocycles. The van der Waals surface area contributed by atoms with Crippen molar-refractivity contribution in [1.82, 2.24) is 19.9 Å². The molecular formula is C21H25ClN6O3S. The smallest absolute Gasteiger partial charge is 0.226 e. The van der Waals surface area contributed by atoms with Gasteiger partial charge in [0.05, 0.1) is 32.6 Å². The first-order valence-corrected chi connectivity index (χ1v) is 12.3. The Morgan fingerprint density at radius 2 is 1.69 bits per heavy atom. The van der Waals surface area contributed by atoms with Crippen LogP contribution in [0.1, 0.15) is 5.56 Å². The largest absolute Gasteiger partial charge is 0.377 e. The van der Waals surface area contributed by atoms with Gasteiger partial charge in [0.1, 0.15) is 5.82 Å². The molecule has 32 heavy (non-hydrogen) atoms. The van der Waals surface area contributed by atoms with Crippen LogP contribution in [-0.4, -0.2) is 75.2 Å². The van der Waals surface area contributed by atoms with Crippen molar-refractivity contribution < 1.29 is 13.7 Å². The van der Waals surface area contributed by atoms with E-state index in [0.29, 0.717) is 48.1 Å². The zero-order valence-electron chi connectivity index (χ0n) is 17.6. The van der Waals surface area contributed by atoms with Crippen molar-refractivity contribution in [3.63, 3.8) is 0 Å². The summed E-state index contributed by atoms with van der Waals surface area (Å²) in [6.45, 7) is 5.11. The van der Waals surface area contributed by atoms with Crippen molar-refractivity contribution in [2.45, 2.75) is 6.54 Å². The fourth-order valence-corrected chi connectivity index (χ4v) is 4.45. The minimum absolute atomic E-state index is 0.124. The molecule has 1 aromatic carbocycles. The average molecular weight is 477 g/mol. The van der Waals surface area contributed by atoms with E-state index in [2.05, 4.69) is 30.2 Å². The lowest BCUT2D eigenvalue weighted by atomic mass is 10.2. The highest BCUT2D eigenvalue weighted by molar-refractivity contribution is 7.85. The number of hydrogen-bond acceptors (Lipinski definition) is 9. The maximum atomic E-state index is 11.5. The van der Waals surface area contributed by atoms with Gasteiger partial charge in [0.25, 0.3) is 0 Å². The van der Waals surface area contributed by atoms with E-state index in [1.54, 1.807) is 6.20 Å². The first kappa shape index (κ1) is 22.8. The number of fused-ring (bicyclic) bond motifs is 1. The van der Waals surface area contributed by atoms with E-state index in [-0.39, 0.29) is 5.28 Å². The normalized spacial score (nSPS) is 17.0. The number of rotatable bonds is 4. The molecule has 0 amide bonds. The van der Waals surface area contributed by atoms with Gasteiger partial charge in [0.15, 0.2) is 17.0 Å². The Morgan fingerprint density at radius 3 is 2.34 bits per heavy atom. The van der Waals surface area contributed by atoms with Crippen LogP contribution >= 0.6 is 11.6 Å². The van der Waals surface area contributed by atoms with E-state index in [4.69, 9.17) is 21.1 Å². The number of ether oxygens (including phenoxy) is 2. The number of aromatic nitrogens is 4. The molecular weight excluding hydrogens is 452 g/mol. The van der Waals surface area contributed by atoms with Gasteiger partial charge in [-0.1, -0.05) is 30.3 Å². The van der Waals surface area contributed by atoms with Crippen LogP contribution < -0.4 is 10.2 Å². The highest BCUT2D eigenvalue weighted by Crippen LogP contribution is 2.22. The Bertz CT molecular complexity index is 1030. The summed E-state index contributed by atoms with van der Waals surface area (Å²) in [5.41, 5.74) is 2.15. The number of anilines is 2. The first-order valence-electron chi connectivity index (χ1n) is 10.4. The molecule has 0 atom stereocenters. The summed E-state index contributed by atoms with van der Waals surface area (Å²) >= 11 is 6.08. The highest BCUT2D eigenvalue weighted by Gasteiger charge is 2.18. The van der Waals surface area contributed by atoms with E-state index in [9.17, 15) is 4.21 Å². The van der Waals surface area contributed by atoms with Crippen LogP contribution in [0, 0.1) is 0 Å². The molecule has 170 valence electrons. The van der Waals surface area contributed by atoms with Crippen molar-refractivity contribution in [1.29, 1.82) is 0 Å². The first-order chi connectivity index (χ1) is 15.7. The summed E-state index contributed by atoms with van der Waals surface area (Å²) in [5.74, 6) is 2.57. The molecule has 3 aromatic rings. The third-order valence-corrected chi connectivity index (χ3v) is 6.36. The zero-order chi connectivity index (χ0) is 22.2. The third-order valence-electron chi connectivity index (χ3n) is 4.92. The highest BCUT2D eigenvalue weighted by atomic mass is 35.5. The van der Waals surface area contributed by atoms with Crippen molar-refractivity contribution in [3.05, 3.63) is 47.4 Å². The number of halogens is 1. The molecule has 0 bridgehead atoms. The topological polar surface area (TPSA) is 102 Å². The van der Waals surface area contributed by atoms with Gasteiger partial charge in [-0.25, -0.2) is 9.97 Å². The summed E-state index contributed by atoms with van der Waals surface area (Å²) in [5, 5.41) is 3.38. The SMILES string of the molecule is C1COCCO1.O=S1CCN(c2cnc3c(NCc4ccccc4)nc(Cl)nc3n2)CC1. The standard InChI is InChI=1S/C17H17ClN6OS.C4H8O2/c18-17-22-15(20-10-12-4-2-1-3-5-12)14-16(23-17)21-13(11-19-14)24-6-8-26(25)9-7-24;1-2-6-4-3-5-1/h1-5,11H,6-10H2,(H,20,21,22,23);1-4H2. The van der Waals surface area contributed by atoms with Crippen molar-refractivity contribution in [2.24, 2.45) is 0 Å². The maximum Gasteiger partial charge on any atom is 0.226 e. The van der Waals surface area contributed by atoms with Crippen LogP contribution in [0.15, 0.2) is 36.5 Å².